The zero-order valence-corrected chi connectivity index (χ0v) is 6.38. The topological polar surface area (TPSA) is 47.3 Å². The molecular formula is C8H8O3. The molecule has 0 aromatic carbocycles. The van der Waals surface area contributed by atoms with Crippen molar-refractivity contribution in [3.63, 3.8) is 0 Å². The molecule has 0 saturated carbocycles. The number of carbonyl (C=O) groups is 2. The van der Waals surface area contributed by atoms with E-state index < -0.39 is 0 Å². The molecule has 58 valence electrons. The lowest BCUT2D eigenvalue weighted by Crippen LogP contribution is -1.85. The smallest absolute Gasteiger partial charge is 0.186 e. The monoisotopic (exact) mass is 152 g/mol. The van der Waals surface area contributed by atoms with Gasteiger partial charge in [-0.1, -0.05) is 0 Å². The van der Waals surface area contributed by atoms with E-state index in [4.69, 9.17) is 4.42 Å². The Morgan fingerprint density at radius 2 is 1.82 bits per heavy atom. The largest absolute Gasteiger partial charge is 0.458 e. The lowest BCUT2D eigenvalue weighted by Gasteiger charge is -1.83. The number of hydrogen-bond acceptors (Lipinski definition) is 3. The van der Waals surface area contributed by atoms with Crippen LogP contribution in [0.15, 0.2) is 4.42 Å². The first kappa shape index (κ1) is 7.72. The number of aryl methyl sites for hydroxylation is 1. The van der Waals surface area contributed by atoms with E-state index in [0.29, 0.717) is 23.9 Å². The molecule has 0 N–H and O–H groups in total. The second-order valence-electron chi connectivity index (χ2n) is 2.30. The molecule has 1 rings (SSSR count). The molecule has 11 heavy (non-hydrogen) atoms. The van der Waals surface area contributed by atoms with E-state index in [0.717, 1.165) is 5.56 Å². The number of rotatable bonds is 2. The van der Waals surface area contributed by atoms with Crippen LogP contribution in [0.25, 0.3) is 0 Å². The molecule has 0 amide bonds. The van der Waals surface area contributed by atoms with E-state index in [1.54, 1.807) is 13.8 Å². The van der Waals surface area contributed by atoms with Crippen LogP contribution >= 0.6 is 0 Å². The van der Waals surface area contributed by atoms with Crippen molar-refractivity contribution in [2.45, 2.75) is 13.8 Å². The summed E-state index contributed by atoms with van der Waals surface area (Å²) in [6, 6.07) is 0. The van der Waals surface area contributed by atoms with Gasteiger partial charge in [0, 0.05) is 5.56 Å². The number of furan rings is 1. The van der Waals surface area contributed by atoms with Gasteiger partial charge < -0.3 is 4.42 Å². The van der Waals surface area contributed by atoms with E-state index >= 15 is 0 Å². The highest BCUT2D eigenvalue weighted by Gasteiger charge is 2.11. The molecule has 0 aliphatic rings. The van der Waals surface area contributed by atoms with Crippen LogP contribution < -0.4 is 0 Å². The van der Waals surface area contributed by atoms with E-state index in [2.05, 4.69) is 0 Å². The second kappa shape index (κ2) is 2.70. The van der Waals surface area contributed by atoms with Crippen LogP contribution in [0.4, 0.5) is 0 Å². The van der Waals surface area contributed by atoms with Gasteiger partial charge in [0.2, 0.25) is 0 Å². The first-order valence-electron chi connectivity index (χ1n) is 3.21. The predicted octanol–water partition coefficient (Wildman–Crippen LogP) is 1.52. The molecule has 0 atom stereocenters. The van der Waals surface area contributed by atoms with E-state index in [1.807, 2.05) is 0 Å². The Morgan fingerprint density at radius 3 is 2.18 bits per heavy atom. The van der Waals surface area contributed by atoms with Crippen molar-refractivity contribution in [3.8, 4) is 0 Å². The minimum absolute atomic E-state index is 0.120. The summed E-state index contributed by atoms with van der Waals surface area (Å²) in [5, 5.41) is 0. The van der Waals surface area contributed by atoms with Gasteiger partial charge in [0.1, 0.15) is 5.76 Å². The minimum atomic E-state index is 0.120. The van der Waals surface area contributed by atoms with Crippen molar-refractivity contribution in [1.82, 2.24) is 0 Å². The van der Waals surface area contributed by atoms with Crippen LogP contribution in [0, 0.1) is 13.8 Å². The molecule has 0 aliphatic carbocycles. The van der Waals surface area contributed by atoms with Crippen LogP contribution in [-0.2, 0) is 0 Å². The molecule has 0 saturated heterocycles. The van der Waals surface area contributed by atoms with Gasteiger partial charge in [-0.3, -0.25) is 9.59 Å². The molecule has 0 radical (unpaired) electrons. The molecular weight excluding hydrogens is 144 g/mol. The van der Waals surface area contributed by atoms with Gasteiger partial charge in [-0.2, -0.15) is 0 Å². The lowest BCUT2D eigenvalue weighted by atomic mass is 10.1. The summed E-state index contributed by atoms with van der Waals surface area (Å²) in [6.07, 6.45) is 1.18. The Kier molecular flexibility index (Phi) is 1.89. The highest BCUT2D eigenvalue weighted by Crippen LogP contribution is 2.17. The fourth-order valence-corrected chi connectivity index (χ4v) is 0.905. The van der Waals surface area contributed by atoms with Crippen molar-refractivity contribution in [3.05, 3.63) is 22.6 Å². The molecule has 0 spiro atoms. The van der Waals surface area contributed by atoms with Gasteiger partial charge in [-0.15, -0.1) is 0 Å². The van der Waals surface area contributed by atoms with Crippen molar-refractivity contribution in [2.75, 3.05) is 0 Å². The zero-order chi connectivity index (χ0) is 8.43. The first-order valence-corrected chi connectivity index (χ1v) is 3.21. The SMILES string of the molecule is Cc1oc(C=O)c(C=O)c1C. The summed E-state index contributed by atoms with van der Waals surface area (Å²) in [6.45, 7) is 3.46. The third kappa shape index (κ3) is 1.09. The van der Waals surface area contributed by atoms with Gasteiger partial charge in [0.25, 0.3) is 0 Å². The Balaban J connectivity index is 3.37. The van der Waals surface area contributed by atoms with Crippen LogP contribution in [0.5, 0.6) is 0 Å². The Hall–Kier alpha value is -1.38. The Morgan fingerprint density at radius 1 is 1.18 bits per heavy atom. The molecule has 1 heterocycles. The van der Waals surface area contributed by atoms with Gasteiger partial charge in [0.15, 0.2) is 18.3 Å². The van der Waals surface area contributed by atoms with Crippen LogP contribution in [0.1, 0.15) is 32.2 Å². The Labute approximate surface area is 64.0 Å². The summed E-state index contributed by atoms with van der Waals surface area (Å²) in [5.74, 6) is 0.740. The predicted molar refractivity (Wildman–Crippen MR) is 39.0 cm³/mol. The molecule has 0 aliphatic heterocycles. The van der Waals surface area contributed by atoms with Crippen molar-refractivity contribution >= 4 is 12.6 Å². The number of hydrogen-bond donors (Lipinski definition) is 0. The maximum atomic E-state index is 10.4. The van der Waals surface area contributed by atoms with E-state index in [9.17, 15) is 9.59 Å². The molecule has 3 nitrogen and oxygen atoms in total. The maximum absolute atomic E-state index is 10.4. The normalized spacial score (nSPS) is 9.64. The standard InChI is InChI=1S/C8H8O3/c1-5-6(2)11-8(4-10)7(5)3-9/h3-4H,1-2H3. The zero-order valence-electron chi connectivity index (χ0n) is 6.38. The van der Waals surface area contributed by atoms with Gasteiger partial charge in [-0.25, -0.2) is 0 Å². The molecule has 1 aromatic rings. The van der Waals surface area contributed by atoms with Crippen molar-refractivity contribution < 1.29 is 14.0 Å². The Bertz CT molecular complexity index is 297. The average Bonchev–Trinajstić information content (AvgIpc) is 2.28. The average molecular weight is 152 g/mol. The molecule has 1 aromatic heterocycles. The third-order valence-corrected chi connectivity index (χ3v) is 1.69. The van der Waals surface area contributed by atoms with E-state index in [1.165, 1.54) is 0 Å². The van der Waals surface area contributed by atoms with Crippen LogP contribution in [0.3, 0.4) is 0 Å². The highest BCUT2D eigenvalue weighted by molar-refractivity contribution is 5.89. The quantitative estimate of drug-likeness (QED) is 0.603. The molecule has 0 fully saturated rings. The minimum Gasteiger partial charge on any atom is -0.458 e. The number of aldehydes is 2. The van der Waals surface area contributed by atoms with Gasteiger partial charge in [0.05, 0.1) is 5.56 Å². The second-order valence-corrected chi connectivity index (χ2v) is 2.30. The molecule has 0 bridgehead atoms. The first-order chi connectivity index (χ1) is 5.20. The summed E-state index contributed by atoms with van der Waals surface area (Å²) < 4.78 is 4.99. The summed E-state index contributed by atoms with van der Waals surface area (Å²) in [4.78, 5) is 20.7. The van der Waals surface area contributed by atoms with Gasteiger partial charge in [-0.05, 0) is 13.8 Å². The maximum Gasteiger partial charge on any atom is 0.186 e. The third-order valence-electron chi connectivity index (χ3n) is 1.69. The van der Waals surface area contributed by atoms with Crippen molar-refractivity contribution in [1.29, 1.82) is 0 Å². The molecule has 3 heteroatoms. The fourth-order valence-electron chi connectivity index (χ4n) is 0.905. The summed E-state index contributed by atoms with van der Waals surface area (Å²) in [7, 11) is 0. The van der Waals surface area contributed by atoms with Crippen LogP contribution in [-0.4, -0.2) is 12.6 Å². The number of carbonyl (C=O) groups excluding carboxylic acids is 2. The van der Waals surface area contributed by atoms with Gasteiger partial charge >= 0.3 is 0 Å². The fraction of sp³-hybridized carbons (Fsp3) is 0.250. The molecule has 0 unspecified atom stereocenters. The lowest BCUT2D eigenvalue weighted by molar-refractivity contribution is 0.107. The highest BCUT2D eigenvalue weighted by atomic mass is 16.3. The van der Waals surface area contributed by atoms with E-state index in [-0.39, 0.29) is 5.76 Å². The summed E-state index contributed by atoms with van der Waals surface area (Å²) in [5.41, 5.74) is 1.10. The van der Waals surface area contributed by atoms with Crippen LogP contribution in [0.2, 0.25) is 0 Å². The van der Waals surface area contributed by atoms with Crippen molar-refractivity contribution in [2.24, 2.45) is 0 Å². The summed E-state index contributed by atoms with van der Waals surface area (Å²) >= 11 is 0.